The normalized spacial score (nSPS) is 22.9. The van der Waals surface area contributed by atoms with E-state index >= 15 is 0 Å². The number of rotatable bonds is 3. The highest BCUT2D eigenvalue weighted by Crippen LogP contribution is 2.23. The molecule has 20 heavy (non-hydrogen) atoms. The van der Waals surface area contributed by atoms with Crippen LogP contribution in [-0.4, -0.2) is 53.7 Å². The zero-order valence-corrected chi connectivity index (χ0v) is 12.8. The summed E-state index contributed by atoms with van der Waals surface area (Å²) in [5.41, 5.74) is 0.740. The molecular weight excluding hydrogens is 320 g/mol. The molecular formula is C15H17BrN2O2. The monoisotopic (exact) mass is 336 g/mol. The Labute approximate surface area is 126 Å². The minimum absolute atomic E-state index is 0.143. The number of hydrogen-bond donors (Lipinski definition) is 0. The Morgan fingerprint density at radius 1 is 1.35 bits per heavy atom. The van der Waals surface area contributed by atoms with Crippen molar-refractivity contribution in [3.8, 4) is 0 Å². The molecule has 1 unspecified atom stereocenters. The highest BCUT2D eigenvalue weighted by molar-refractivity contribution is 9.10. The van der Waals surface area contributed by atoms with Crippen LogP contribution in [0.25, 0.3) is 0 Å². The summed E-state index contributed by atoms with van der Waals surface area (Å²) < 4.78 is 0.926. The summed E-state index contributed by atoms with van der Waals surface area (Å²) in [5, 5.41) is 0. The number of amides is 1. The Kier molecular flexibility index (Phi) is 3.89. The molecule has 4 nitrogen and oxygen atoms in total. The van der Waals surface area contributed by atoms with Crippen molar-refractivity contribution in [2.45, 2.75) is 18.9 Å². The van der Waals surface area contributed by atoms with Crippen molar-refractivity contribution in [3.63, 3.8) is 0 Å². The number of fused-ring (bicyclic) bond motifs is 1. The van der Waals surface area contributed by atoms with Gasteiger partial charge < -0.3 is 4.90 Å². The maximum Gasteiger partial charge on any atom is 0.222 e. The van der Waals surface area contributed by atoms with E-state index in [0.29, 0.717) is 19.0 Å². The number of halogens is 1. The molecule has 0 N–H and O–H groups in total. The third-order valence-electron chi connectivity index (χ3n) is 4.09. The fraction of sp³-hybridized carbons (Fsp3) is 0.467. The van der Waals surface area contributed by atoms with E-state index in [1.54, 1.807) is 0 Å². The van der Waals surface area contributed by atoms with E-state index in [2.05, 4.69) is 20.8 Å². The third kappa shape index (κ3) is 2.79. The fourth-order valence-electron chi connectivity index (χ4n) is 3.03. The van der Waals surface area contributed by atoms with Crippen molar-refractivity contribution in [1.82, 2.24) is 9.80 Å². The lowest BCUT2D eigenvalue weighted by Gasteiger charge is -2.37. The van der Waals surface area contributed by atoms with Gasteiger partial charge in [0.2, 0.25) is 5.91 Å². The highest BCUT2D eigenvalue weighted by atomic mass is 79.9. The van der Waals surface area contributed by atoms with Crippen LogP contribution in [0.5, 0.6) is 0 Å². The first-order valence-corrected chi connectivity index (χ1v) is 7.73. The quantitative estimate of drug-likeness (QED) is 0.792. The number of piperazine rings is 1. The first-order valence-electron chi connectivity index (χ1n) is 6.94. The van der Waals surface area contributed by atoms with E-state index in [9.17, 15) is 9.59 Å². The van der Waals surface area contributed by atoms with Crippen LogP contribution in [0.2, 0.25) is 0 Å². The lowest BCUT2D eigenvalue weighted by atomic mass is 10.1. The molecule has 0 aromatic heterocycles. The van der Waals surface area contributed by atoms with E-state index in [4.69, 9.17) is 0 Å². The van der Waals surface area contributed by atoms with Gasteiger partial charge in [-0.05, 0) is 18.6 Å². The number of hydrogen-bond acceptors (Lipinski definition) is 3. The SMILES string of the molecule is O=C(CN1CCN2C(=O)CCC2C1)c1cccc(Br)c1. The Bertz CT molecular complexity index is 546. The van der Waals surface area contributed by atoms with Crippen LogP contribution in [-0.2, 0) is 4.79 Å². The summed E-state index contributed by atoms with van der Waals surface area (Å²) in [6.45, 7) is 2.82. The molecule has 2 heterocycles. The highest BCUT2D eigenvalue weighted by Gasteiger charge is 2.35. The van der Waals surface area contributed by atoms with Crippen LogP contribution in [0.4, 0.5) is 0 Å². The molecule has 0 radical (unpaired) electrons. The molecule has 5 heteroatoms. The van der Waals surface area contributed by atoms with Crippen LogP contribution in [0.15, 0.2) is 28.7 Å². The smallest absolute Gasteiger partial charge is 0.222 e. The lowest BCUT2D eigenvalue weighted by molar-refractivity contribution is -0.130. The van der Waals surface area contributed by atoms with Gasteiger partial charge in [0, 0.05) is 42.1 Å². The minimum atomic E-state index is 0.143. The van der Waals surface area contributed by atoms with E-state index in [-0.39, 0.29) is 11.7 Å². The van der Waals surface area contributed by atoms with Crippen LogP contribution < -0.4 is 0 Å². The zero-order chi connectivity index (χ0) is 14.1. The number of benzene rings is 1. The number of carbonyl (C=O) groups excluding carboxylic acids is 2. The van der Waals surface area contributed by atoms with E-state index in [1.165, 1.54) is 0 Å². The second-order valence-corrected chi connectivity index (χ2v) is 6.36. The van der Waals surface area contributed by atoms with E-state index in [1.807, 2.05) is 29.2 Å². The van der Waals surface area contributed by atoms with Crippen LogP contribution >= 0.6 is 15.9 Å². The molecule has 0 bridgehead atoms. The molecule has 0 spiro atoms. The van der Waals surface area contributed by atoms with Gasteiger partial charge in [-0.3, -0.25) is 14.5 Å². The summed E-state index contributed by atoms with van der Waals surface area (Å²) in [6, 6.07) is 7.82. The molecule has 106 valence electrons. The van der Waals surface area contributed by atoms with E-state index in [0.717, 1.165) is 36.1 Å². The van der Waals surface area contributed by atoms with Gasteiger partial charge in [0.1, 0.15) is 0 Å². The van der Waals surface area contributed by atoms with Crippen molar-refractivity contribution in [2.24, 2.45) is 0 Å². The standard InChI is InChI=1S/C15H17BrN2O2/c16-12-3-1-2-11(8-12)14(19)10-17-6-7-18-13(9-17)4-5-15(18)20/h1-3,8,13H,4-7,9-10H2. The van der Waals surface area contributed by atoms with Gasteiger partial charge in [-0.15, -0.1) is 0 Å². The molecule has 2 fully saturated rings. The average Bonchev–Trinajstić information content (AvgIpc) is 2.80. The van der Waals surface area contributed by atoms with Gasteiger partial charge in [0.25, 0.3) is 0 Å². The van der Waals surface area contributed by atoms with Crippen molar-refractivity contribution < 1.29 is 9.59 Å². The Hall–Kier alpha value is -1.20. The van der Waals surface area contributed by atoms with Gasteiger partial charge in [-0.2, -0.15) is 0 Å². The average molecular weight is 337 g/mol. The Balaban J connectivity index is 1.61. The fourth-order valence-corrected chi connectivity index (χ4v) is 3.43. The number of ketones is 1. The molecule has 3 rings (SSSR count). The molecule has 1 amide bonds. The van der Waals surface area contributed by atoms with Gasteiger partial charge in [-0.1, -0.05) is 28.1 Å². The van der Waals surface area contributed by atoms with Crippen LogP contribution in [0.1, 0.15) is 23.2 Å². The first-order chi connectivity index (χ1) is 9.63. The summed E-state index contributed by atoms with van der Waals surface area (Å²) in [7, 11) is 0. The van der Waals surface area contributed by atoms with Gasteiger partial charge in [0.05, 0.1) is 6.54 Å². The predicted molar refractivity (Wildman–Crippen MR) is 79.6 cm³/mol. The summed E-state index contributed by atoms with van der Waals surface area (Å²) in [5.74, 6) is 0.414. The van der Waals surface area contributed by atoms with Crippen LogP contribution in [0, 0.1) is 0 Å². The summed E-state index contributed by atoms with van der Waals surface area (Å²) >= 11 is 3.39. The first kappa shape index (κ1) is 13.8. The zero-order valence-electron chi connectivity index (χ0n) is 11.2. The molecule has 0 saturated carbocycles. The molecule has 1 aromatic carbocycles. The van der Waals surface area contributed by atoms with Crippen molar-refractivity contribution in [1.29, 1.82) is 0 Å². The second-order valence-electron chi connectivity index (χ2n) is 5.45. The molecule has 1 atom stereocenters. The van der Waals surface area contributed by atoms with Crippen LogP contribution in [0.3, 0.4) is 0 Å². The second kappa shape index (κ2) is 5.66. The summed E-state index contributed by atoms with van der Waals surface area (Å²) in [4.78, 5) is 28.1. The molecule has 1 aromatic rings. The predicted octanol–water partition coefficient (Wildman–Crippen LogP) is 1.94. The topological polar surface area (TPSA) is 40.6 Å². The van der Waals surface area contributed by atoms with Gasteiger partial charge in [0.15, 0.2) is 5.78 Å². The molecule has 2 saturated heterocycles. The lowest BCUT2D eigenvalue weighted by Crippen LogP contribution is -2.52. The number of nitrogens with zero attached hydrogens (tertiary/aromatic N) is 2. The third-order valence-corrected chi connectivity index (χ3v) is 4.59. The molecule has 0 aliphatic carbocycles. The maximum absolute atomic E-state index is 12.3. The van der Waals surface area contributed by atoms with Gasteiger partial charge in [-0.25, -0.2) is 0 Å². The summed E-state index contributed by atoms with van der Waals surface area (Å²) in [6.07, 6.45) is 1.60. The van der Waals surface area contributed by atoms with Crippen molar-refractivity contribution >= 4 is 27.6 Å². The van der Waals surface area contributed by atoms with Crippen molar-refractivity contribution in [3.05, 3.63) is 34.3 Å². The number of carbonyl (C=O) groups is 2. The minimum Gasteiger partial charge on any atom is -0.337 e. The Morgan fingerprint density at radius 2 is 2.20 bits per heavy atom. The van der Waals surface area contributed by atoms with Gasteiger partial charge >= 0.3 is 0 Å². The van der Waals surface area contributed by atoms with E-state index < -0.39 is 0 Å². The number of Topliss-reactive ketones (excluding diaryl/α,β-unsaturated/α-hetero) is 1. The molecule has 2 aliphatic rings. The largest absolute Gasteiger partial charge is 0.337 e. The molecule has 2 aliphatic heterocycles. The van der Waals surface area contributed by atoms with Crippen molar-refractivity contribution in [2.75, 3.05) is 26.2 Å². The maximum atomic E-state index is 12.3. The Morgan fingerprint density at radius 3 is 3.00 bits per heavy atom.